The molecular weight excluding hydrogens is 392 g/mol. The Morgan fingerprint density at radius 3 is 2.14 bits per heavy atom. The van der Waals surface area contributed by atoms with E-state index in [-0.39, 0.29) is 27.5 Å². The first kappa shape index (κ1) is 20.7. The third kappa shape index (κ3) is 4.98. The summed E-state index contributed by atoms with van der Waals surface area (Å²) in [5.74, 6) is -3.17. The van der Waals surface area contributed by atoms with Gasteiger partial charge in [-0.2, -0.15) is 0 Å². The molecule has 0 saturated heterocycles. The molecule has 0 radical (unpaired) electrons. The van der Waals surface area contributed by atoms with E-state index in [9.17, 15) is 22.8 Å². The summed E-state index contributed by atoms with van der Waals surface area (Å²) in [6.07, 6.45) is 0. The molecule has 0 fully saturated rings. The van der Waals surface area contributed by atoms with Crippen molar-refractivity contribution in [3.63, 3.8) is 0 Å². The molecule has 0 spiro atoms. The van der Waals surface area contributed by atoms with Gasteiger partial charge in [0.25, 0.3) is 15.9 Å². The number of carboxylic acids is 2. The van der Waals surface area contributed by atoms with Gasteiger partial charge in [0, 0.05) is 11.3 Å². The van der Waals surface area contributed by atoms with Gasteiger partial charge in [-0.15, -0.1) is 0 Å². The number of amides is 1. The van der Waals surface area contributed by atoms with Gasteiger partial charge in [-0.1, -0.05) is 0 Å². The molecule has 0 unspecified atom stereocenters. The molecule has 4 N–H and O–H groups in total. The number of ether oxygens (including phenoxy) is 1. The number of benzene rings is 2. The van der Waals surface area contributed by atoms with E-state index in [4.69, 9.17) is 14.9 Å². The van der Waals surface area contributed by atoms with E-state index >= 15 is 0 Å². The Morgan fingerprint density at radius 2 is 1.61 bits per heavy atom. The Bertz CT molecular complexity index is 1020. The second-order valence-electron chi connectivity index (χ2n) is 5.43. The number of aliphatic carboxylic acids is 1. The van der Waals surface area contributed by atoms with Crippen LogP contribution < -0.4 is 14.8 Å². The topological polar surface area (TPSA) is 159 Å². The molecule has 0 saturated carbocycles. The predicted molar refractivity (Wildman–Crippen MR) is 97.2 cm³/mol. The molecule has 0 heterocycles. The number of methoxy groups -OCH3 is 1. The average molecular weight is 408 g/mol. The Hall–Kier alpha value is -3.60. The SMILES string of the molecule is COc1ccc(C(=O)O)cc1S(=O)(=O)Nc1ccc(C(=O)NCC(=O)O)cc1. The Morgan fingerprint density at radius 1 is 1.00 bits per heavy atom. The highest BCUT2D eigenvalue weighted by Crippen LogP contribution is 2.27. The zero-order valence-electron chi connectivity index (χ0n) is 14.5. The molecule has 1 amide bonds. The molecule has 0 aliphatic heterocycles. The normalized spacial score (nSPS) is 10.8. The lowest BCUT2D eigenvalue weighted by Crippen LogP contribution is -2.29. The molecule has 2 rings (SSSR count). The van der Waals surface area contributed by atoms with Crippen LogP contribution in [-0.2, 0) is 14.8 Å². The van der Waals surface area contributed by atoms with Crippen molar-refractivity contribution in [1.82, 2.24) is 5.32 Å². The lowest BCUT2D eigenvalue weighted by Gasteiger charge is -2.12. The summed E-state index contributed by atoms with van der Waals surface area (Å²) in [6.45, 7) is -0.549. The van der Waals surface area contributed by atoms with Gasteiger partial charge in [-0.25, -0.2) is 13.2 Å². The number of hydrogen-bond acceptors (Lipinski definition) is 6. The van der Waals surface area contributed by atoms with Crippen LogP contribution in [0.2, 0.25) is 0 Å². The smallest absolute Gasteiger partial charge is 0.335 e. The quantitative estimate of drug-likeness (QED) is 0.503. The highest BCUT2D eigenvalue weighted by molar-refractivity contribution is 7.92. The van der Waals surface area contributed by atoms with E-state index in [1.807, 2.05) is 0 Å². The maximum Gasteiger partial charge on any atom is 0.335 e. The number of sulfonamides is 1. The number of anilines is 1. The first-order chi connectivity index (χ1) is 13.1. The second kappa shape index (κ2) is 8.39. The number of nitrogens with one attached hydrogen (secondary N) is 2. The van der Waals surface area contributed by atoms with Gasteiger partial charge in [0.1, 0.15) is 17.2 Å². The van der Waals surface area contributed by atoms with Crippen LogP contribution in [0.1, 0.15) is 20.7 Å². The fourth-order valence-electron chi connectivity index (χ4n) is 2.18. The van der Waals surface area contributed by atoms with Crippen LogP contribution in [-0.4, -0.2) is 50.1 Å². The molecule has 2 aromatic rings. The van der Waals surface area contributed by atoms with Crippen molar-refractivity contribution < 1.29 is 37.8 Å². The molecule has 0 atom stereocenters. The van der Waals surface area contributed by atoms with E-state index in [0.29, 0.717) is 0 Å². The first-order valence-corrected chi connectivity index (χ1v) is 9.16. The molecule has 0 aromatic heterocycles. The summed E-state index contributed by atoms with van der Waals surface area (Å²) < 4.78 is 32.5. The van der Waals surface area contributed by atoms with Crippen molar-refractivity contribution in [3.05, 3.63) is 53.6 Å². The summed E-state index contributed by atoms with van der Waals surface area (Å²) in [4.78, 5) is 33.0. The molecule has 2 aromatic carbocycles. The minimum Gasteiger partial charge on any atom is -0.495 e. The van der Waals surface area contributed by atoms with Crippen LogP contribution >= 0.6 is 0 Å². The number of aromatic carboxylic acids is 1. The van der Waals surface area contributed by atoms with Gasteiger partial charge >= 0.3 is 11.9 Å². The highest BCUT2D eigenvalue weighted by Gasteiger charge is 2.22. The van der Waals surface area contributed by atoms with Crippen molar-refractivity contribution in [2.75, 3.05) is 18.4 Å². The van der Waals surface area contributed by atoms with Crippen LogP contribution in [0.3, 0.4) is 0 Å². The third-order valence-electron chi connectivity index (χ3n) is 3.50. The number of carbonyl (C=O) groups is 3. The van der Waals surface area contributed by atoms with Gasteiger partial charge in [0.2, 0.25) is 0 Å². The van der Waals surface area contributed by atoms with Crippen LogP contribution in [0.25, 0.3) is 0 Å². The molecule has 0 bridgehead atoms. The monoisotopic (exact) mass is 408 g/mol. The molecule has 148 valence electrons. The van der Waals surface area contributed by atoms with Crippen molar-refractivity contribution in [3.8, 4) is 5.75 Å². The lowest BCUT2D eigenvalue weighted by molar-refractivity contribution is -0.135. The summed E-state index contributed by atoms with van der Waals surface area (Å²) >= 11 is 0. The van der Waals surface area contributed by atoms with Crippen LogP contribution in [0.15, 0.2) is 47.4 Å². The zero-order valence-corrected chi connectivity index (χ0v) is 15.3. The van der Waals surface area contributed by atoms with E-state index in [1.54, 1.807) is 0 Å². The number of carbonyl (C=O) groups excluding carboxylic acids is 1. The van der Waals surface area contributed by atoms with E-state index in [0.717, 1.165) is 6.07 Å². The minimum absolute atomic E-state index is 0.0397. The number of rotatable bonds is 8. The van der Waals surface area contributed by atoms with Gasteiger partial charge in [0.15, 0.2) is 0 Å². The molecule has 0 aliphatic rings. The number of carboxylic acid groups (broad SMARTS) is 2. The summed E-state index contributed by atoms with van der Waals surface area (Å²) in [7, 11) is -2.93. The second-order valence-corrected chi connectivity index (χ2v) is 7.08. The van der Waals surface area contributed by atoms with E-state index in [1.165, 1.54) is 43.5 Å². The third-order valence-corrected chi connectivity index (χ3v) is 4.90. The van der Waals surface area contributed by atoms with Gasteiger partial charge < -0.3 is 20.3 Å². The number of hydrogen-bond donors (Lipinski definition) is 4. The van der Waals surface area contributed by atoms with Crippen LogP contribution in [0.5, 0.6) is 5.75 Å². The average Bonchev–Trinajstić information content (AvgIpc) is 2.65. The minimum atomic E-state index is -4.18. The Kier molecular flexibility index (Phi) is 6.21. The van der Waals surface area contributed by atoms with Gasteiger partial charge in [-0.05, 0) is 42.5 Å². The van der Waals surface area contributed by atoms with Crippen LogP contribution in [0.4, 0.5) is 5.69 Å². The summed E-state index contributed by atoms with van der Waals surface area (Å²) in [5.41, 5.74) is 0.0128. The van der Waals surface area contributed by atoms with Gasteiger partial charge in [0.05, 0.1) is 12.7 Å². The Labute approximate surface area is 159 Å². The molecule has 11 heteroatoms. The largest absolute Gasteiger partial charge is 0.495 e. The van der Waals surface area contributed by atoms with E-state index < -0.39 is 34.4 Å². The maximum atomic E-state index is 12.6. The standard InChI is InChI=1S/C17H16N2O8S/c1-27-13-7-4-11(17(23)24)8-14(13)28(25,26)19-12-5-2-10(3-6-12)16(22)18-9-15(20)21/h2-8,19H,9H2,1H3,(H,18,22)(H,20,21)(H,23,24). The predicted octanol–water partition coefficient (Wildman–Crippen LogP) is 1.01. The fraction of sp³-hybridized carbons (Fsp3) is 0.118. The first-order valence-electron chi connectivity index (χ1n) is 7.68. The van der Waals surface area contributed by atoms with Gasteiger partial charge in [-0.3, -0.25) is 14.3 Å². The fourth-order valence-corrected chi connectivity index (χ4v) is 3.43. The Balaban J connectivity index is 2.25. The van der Waals surface area contributed by atoms with Crippen LogP contribution in [0, 0.1) is 0 Å². The molecule has 0 aliphatic carbocycles. The maximum absolute atomic E-state index is 12.6. The summed E-state index contributed by atoms with van der Waals surface area (Å²) in [5, 5.41) is 19.8. The highest BCUT2D eigenvalue weighted by atomic mass is 32.2. The zero-order chi connectivity index (χ0) is 20.9. The lowest BCUT2D eigenvalue weighted by atomic mass is 10.2. The molecular formula is C17H16N2O8S. The van der Waals surface area contributed by atoms with Crippen molar-refractivity contribution >= 4 is 33.6 Å². The van der Waals surface area contributed by atoms with Crippen molar-refractivity contribution in [2.24, 2.45) is 0 Å². The van der Waals surface area contributed by atoms with Crippen molar-refractivity contribution in [2.45, 2.75) is 4.90 Å². The molecule has 10 nitrogen and oxygen atoms in total. The van der Waals surface area contributed by atoms with E-state index in [2.05, 4.69) is 10.0 Å². The summed E-state index contributed by atoms with van der Waals surface area (Å²) in [6, 6.07) is 8.64. The molecule has 28 heavy (non-hydrogen) atoms. The van der Waals surface area contributed by atoms with Crippen molar-refractivity contribution in [1.29, 1.82) is 0 Å².